The molecule has 2 amide bonds. The van der Waals surface area contributed by atoms with Crippen LogP contribution in [0.2, 0.25) is 0 Å². The van der Waals surface area contributed by atoms with Crippen molar-refractivity contribution >= 4 is 23.2 Å². The number of amides is 2. The van der Waals surface area contributed by atoms with Crippen LogP contribution in [0.4, 0.5) is 11.4 Å². The van der Waals surface area contributed by atoms with Gasteiger partial charge < -0.3 is 10.6 Å². The van der Waals surface area contributed by atoms with Gasteiger partial charge in [0.1, 0.15) is 0 Å². The molecule has 0 aliphatic heterocycles. The molecule has 2 aliphatic rings. The molecule has 21 heavy (non-hydrogen) atoms. The van der Waals surface area contributed by atoms with Crippen molar-refractivity contribution in [2.24, 2.45) is 11.8 Å². The van der Waals surface area contributed by atoms with Crippen LogP contribution in [0, 0.1) is 11.8 Å². The maximum atomic E-state index is 12.1. The Kier molecular flexibility index (Phi) is 4.04. The van der Waals surface area contributed by atoms with Crippen molar-refractivity contribution in [3.8, 4) is 0 Å². The van der Waals surface area contributed by atoms with Crippen LogP contribution in [0.3, 0.4) is 0 Å². The predicted octanol–water partition coefficient (Wildman–Crippen LogP) is 3.33. The smallest absolute Gasteiger partial charge is 0.227 e. The van der Waals surface area contributed by atoms with Crippen LogP contribution in [-0.2, 0) is 9.59 Å². The quantitative estimate of drug-likeness (QED) is 0.833. The van der Waals surface area contributed by atoms with Crippen molar-refractivity contribution in [1.82, 2.24) is 0 Å². The van der Waals surface area contributed by atoms with Crippen molar-refractivity contribution in [3.05, 3.63) is 36.4 Å². The summed E-state index contributed by atoms with van der Waals surface area (Å²) in [6.07, 6.45) is 8.90. The van der Waals surface area contributed by atoms with Crippen molar-refractivity contribution in [2.45, 2.75) is 32.1 Å². The van der Waals surface area contributed by atoms with E-state index in [1.807, 2.05) is 24.3 Å². The second kappa shape index (κ2) is 6.12. The van der Waals surface area contributed by atoms with Crippen LogP contribution >= 0.6 is 0 Å². The highest BCUT2D eigenvalue weighted by Gasteiger charge is 2.29. The summed E-state index contributed by atoms with van der Waals surface area (Å²) in [6, 6.07) is 7.32. The molecule has 4 heteroatoms. The van der Waals surface area contributed by atoms with Gasteiger partial charge in [-0.15, -0.1) is 0 Å². The highest BCUT2D eigenvalue weighted by Crippen LogP contribution is 2.30. The minimum atomic E-state index is 0.0734. The third-order valence-corrected chi connectivity index (χ3v) is 4.01. The Balaban J connectivity index is 1.54. The summed E-state index contributed by atoms with van der Waals surface area (Å²) in [4.78, 5) is 23.8. The fraction of sp³-hybridized carbons (Fsp3) is 0.412. The molecule has 0 spiro atoms. The van der Waals surface area contributed by atoms with E-state index in [4.69, 9.17) is 0 Å². The Morgan fingerprint density at radius 3 is 1.86 bits per heavy atom. The van der Waals surface area contributed by atoms with Crippen molar-refractivity contribution in [1.29, 1.82) is 0 Å². The van der Waals surface area contributed by atoms with Gasteiger partial charge in [-0.2, -0.15) is 0 Å². The van der Waals surface area contributed by atoms with Gasteiger partial charge in [-0.3, -0.25) is 9.59 Å². The van der Waals surface area contributed by atoms with Gasteiger partial charge in [0.2, 0.25) is 11.8 Å². The minimum absolute atomic E-state index is 0.0734. The standard InChI is InChI=1S/C17H20N2O2/c20-16(12-4-2-1-3-5-12)18-14-8-10-15(11-9-14)19-17(21)13-6-7-13/h1-2,8-13H,3-7H2,(H,18,20)(H,19,21)/t12-/m0/s1. The second-order valence-electron chi connectivity index (χ2n) is 5.81. The van der Waals surface area contributed by atoms with Crippen molar-refractivity contribution < 1.29 is 9.59 Å². The number of carbonyl (C=O) groups excluding carboxylic acids is 2. The van der Waals surface area contributed by atoms with Crippen LogP contribution in [0.1, 0.15) is 32.1 Å². The highest BCUT2D eigenvalue weighted by atomic mass is 16.2. The molecule has 3 rings (SSSR count). The molecule has 1 saturated carbocycles. The van der Waals surface area contributed by atoms with E-state index in [9.17, 15) is 9.59 Å². The lowest BCUT2D eigenvalue weighted by molar-refractivity contribution is -0.120. The fourth-order valence-corrected chi connectivity index (χ4v) is 2.50. The van der Waals surface area contributed by atoms with Gasteiger partial charge in [0.15, 0.2) is 0 Å². The zero-order chi connectivity index (χ0) is 14.7. The van der Waals surface area contributed by atoms with Crippen molar-refractivity contribution in [3.63, 3.8) is 0 Å². The van der Waals surface area contributed by atoms with Gasteiger partial charge in [0, 0.05) is 23.2 Å². The molecule has 110 valence electrons. The number of hydrogen-bond acceptors (Lipinski definition) is 2. The molecule has 0 heterocycles. The van der Waals surface area contributed by atoms with Crippen LogP contribution in [0.5, 0.6) is 0 Å². The van der Waals surface area contributed by atoms with Crippen LogP contribution < -0.4 is 10.6 Å². The van der Waals surface area contributed by atoms with E-state index in [1.165, 1.54) is 0 Å². The summed E-state index contributed by atoms with van der Waals surface area (Å²) in [7, 11) is 0. The molecular formula is C17H20N2O2. The van der Waals surface area contributed by atoms with E-state index in [0.29, 0.717) is 0 Å². The average Bonchev–Trinajstić information content (AvgIpc) is 3.35. The van der Waals surface area contributed by atoms with Crippen LogP contribution in [0.15, 0.2) is 36.4 Å². The molecule has 4 nitrogen and oxygen atoms in total. The molecule has 0 bridgehead atoms. The third-order valence-electron chi connectivity index (χ3n) is 4.01. The first-order valence-corrected chi connectivity index (χ1v) is 7.59. The van der Waals surface area contributed by atoms with Gasteiger partial charge >= 0.3 is 0 Å². The summed E-state index contributed by atoms with van der Waals surface area (Å²) in [5.41, 5.74) is 1.56. The largest absolute Gasteiger partial charge is 0.326 e. The van der Waals surface area contributed by atoms with E-state index in [0.717, 1.165) is 43.5 Å². The molecule has 2 N–H and O–H groups in total. The first-order chi connectivity index (χ1) is 10.2. The lowest BCUT2D eigenvalue weighted by Crippen LogP contribution is -2.23. The lowest BCUT2D eigenvalue weighted by Gasteiger charge is -2.17. The summed E-state index contributed by atoms with van der Waals surface area (Å²) in [6.45, 7) is 0. The maximum Gasteiger partial charge on any atom is 0.227 e. The van der Waals surface area contributed by atoms with E-state index in [1.54, 1.807) is 0 Å². The second-order valence-corrected chi connectivity index (χ2v) is 5.81. The van der Waals surface area contributed by atoms with Gasteiger partial charge in [-0.1, -0.05) is 12.2 Å². The number of anilines is 2. The van der Waals surface area contributed by atoms with Gasteiger partial charge in [-0.25, -0.2) is 0 Å². The Morgan fingerprint density at radius 1 is 0.810 bits per heavy atom. The van der Waals surface area contributed by atoms with Crippen LogP contribution in [0.25, 0.3) is 0 Å². The highest BCUT2D eigenvalue weighted by molar-refractivity contribution is 5.95. The van der Waals surface area contributed by atoms with E-state index in [-0.39, 0.29) is 23.7 Å². The average molecular weight is 284 g/mol. The SMILES string of the molecule is O=C(Nc1ccc(NC(=O)[C@H]2CC=CCC2)cc1)C1CC1. The Hall–Kier alpha value is -2.10. The number of nitrogens with one attached hydrogen (secondary N) is 2. The Bertz CT molecular complexity index is 559. The predicted molar refractivity (Wildman–Crippen MR) is 82.9 cm³/mol. The molecule has 1 atom stereocenters. The normalized spacial score (nSPS) is 20.9. The number of allylic oxidation sites excluding steroid dienone is 2. The van der Waals surface area contributed by atoms with Crippen molar-refractivity contribution in [2.75, 3.05) is 10.6 Å². The monoisotopic (exact) mass is 284 g/mol. The molecule has 0 saturated heterocycles. The molecular weight excluding hydrogens is 264 g/mol. The molecule has 2 aliphatic carbocycles. The summed E-state index contributed by atoms with van der Waals surface area (Å²) >= 11 is 0. The molecule has 0 aromatic heterocycles. The minimum Gasteiger partial charge on any atom is -0.326 e. The zero-order valence-electron chi connectivity index (χ0n) is 12.0. The Morgan fingerprint density at radius 2 is 1.38 bits per heavy atom. The van der Waals surface area contributed by atoms with Gasteiger partial charge in [0.05, 0.1) is 0 Å². The molecule has 0 unspecified atom stereocenters. The Labute approximate surface area is 124 Å². The number of benzene rings is 1. The molecule has 1 fully saturated rings. The third kappa shape index (κ3) is 3.72. The lowest BCUT2D eigenvalue weighted by atomic mass is 9.93. The van der Waals surface area contributed by atoms with Gasteiger partial charge in [-0.05, 0) is 56.4 Å². The van der Waals surface area contributed by atoms with E-state index >= 15 is 0 Å². The number of rotatable bonds is 4. The van der Waals surface area contributed by atoms with E-state index in [2.05, 4.69) is 22.8 Å². The topological polar surface area (TPSA) is 58.2 Å². The van der Waals surface area contributed by atoms with Gasteiger partial charge in [0.25, 0.3) is 0 Å². The first-order valence-electron chi connectivity index (χ1n) is 7.59. The summed E-state index contributed by atoms with van der Waals surface area (Å²) in [5, 5.41) is 5.83. The summed E-state index contributed by atoms with van der Waals surface area (Å²) in [5.74, 6) is 0.447. The molecule has 1 aromatic rings. The number of hydrogen-bond donors (Lipinski definition) is 2. The first kappa shape index (κ1) is 13.9. The molecule has 1 aromatic carbocycles. The molecule has 0 radical (unpaired) electrons. The van der Waals surface area contributed by atoms with Crippen LogP contribution in [-0.4, -0.2) is 11.8 Å². The summed E-state index contributed by atoms with van der Waals surface area (Å²) < 4.78 is 0. The maximum absolute atomic E-state index is 12.1. The number of carbonyl (C=O) groups is 2. The van der Waals surface area contributed by atoms with E-state index < -0.39 is 0 Å². The zero-order valence-corrected chi connectivity index (χ0v) is 12.0. The fourth-order valence-electron chi connectivity index (χ4n) is 2.50.